The molecule has 2 aromatic rings. The molecule has 0 bridgehead atoms. The molecule has 2 aromatic heterocycles. The maximum absolute atomic E-state index is 12.6. The molecule has 0 saturated carbocycles. The van der Waals surface area contributed by atoms with Crippen molar-refractivity contribution in [1.82, 2.24) is 29.3 Å². The highest BCUT2D eigenvalue weighted by molar-refractivity contribution is 7.99. The van der Waals surface area contributed by atoms with E-state index < -0.39 is 0 Å². The Bertz CT molecular complexity index is 705. The first kappa shape index (κ1) is 18.8. The van der Waals surface area contributed by atoms with Crippen molar-refractivity contribution < 1.29 is 4.79 Å². The first-order valence-corrected chi connectivity index (χ1v) is 9.95. The van der Waals surface area contributed by atoms with Crippen LogP contribution in [0.4, 0.5) is 0 Å². The van der Waals surface area contributed by atoms with Gasteiger partial charge in [-0.2, -0.15) is 0 Å². The van der Waals surface area contributed by atoms with Crippen LogP contribution in [0.5, 0.6) is 0 Å². The van der Waals surface area contributed by atoms with E-state index in [0.29, 0.717) is 16.8 Å². The van der Waals surface area contributed by atoms with Crippen LogP contribution in [-0.2, 0) is 11.3 Å². The highest BCUT2D eigenvalue weighted by Crippen LogP contribution is 2.26. The standard InChI is InChI=1S/C18H26N6OS/c1-22(2)11-12-23-10-8-19-17(23)15-5-3-9-24(13-15)16(25)14-26-18-20-6-4-7-21-18/h4,6-8,10,15H,3,5,9,11-14H2,1-2H3/t15-/m0/s1. The smallest absolute Gasteiger partial charge is 0.233 e. The number of amides is 1. The lowest BCUT2D eigenvalue weighted by Crippen LogP contribution is -2.40. The summed E-state index contributed by atoms with van der Waals surface area (Å²) in [5.41, 5.74) is 0. The van der Waals surface area contributed by atoms with Gasteiger partial charge in [-0.05, 0) is 33.0 Å². The third kappa shape index (κ3) is 5.04. The van der Waals surface area contributed by atoms with Gasteiger partial charge < -0.3 is 14.4 Å². The first-order valence-electron chi connectivity index (χ1n) is 8.97. The lowest BCUT2D eigenvalue weighted by atomic mass is 9.97. The van der Waals surface area contributed by atoms with E-state index in [1.807, 2.05) is 17.3 Å². The van der Waals surface area contributed by atoms with Crippen LogP contribution in [0.1, 0.15) is 24.6 Å². The quantitative estimate of drug-likeness (QED) is 0.543. The molecule has 3 heterocycles. The molecule has 0 N–H and O–H groups in total. The van der Waals surface area contributed by atoms with Crippen molar-refractivity contribution in [1.29, 1.82) is 0 Å². The number of imidazole rings is 1. The van der Waals surface area contributed by atoms with Gasteiger partial charge in [0.1, 0.15) is 5.82 Å². The van der Waals surface area contributed by atoms with Crippen LogP contribution in [0.2, 0.25) is 0 Å². The van der Waals surface area contributed by atoms with Gasteiger partial charge in [-0.15, -0.1) is 0 Å². The van der Waals surface area contributed by atoms with E-state index in [1.165, 1.54) is 11.8 Å². The Balaban J connectivity index is 1.57. The van der Waals surface area contributed by atoms with Gasteiger partial charge >= 0.3 is 0 Å². The van der Waals surface area contributed by atoms with E-state index >= 15 is 0 Å². The second-order valence-corrected chi connectivity index (χ2v) is 7.72. The third-order valence-electron chi connectivity index (χ3n) is 4.54. The maximum Gasteiger partial charge on any atom is 0.233 e. The zero-order valence-corrected chi connectivity index (χ0v) is 16.2. The van der Waals surface area contributed by atoms with E-state index in [2.05, 4.69) is 38.5 Å². The van der Waals surface area contributed by atoms with Crippen molar-refractivity contribution >= 4 is 17.7 Å². The number of piperidine rings is 1. The van der Waals surface area contributed by atoms with E-state index in [-0.39, 0.29) is 5.91 Å². The molecule has 1 aliphatic rings. The predicted molar refractivity (Wildman–Crippen MR) is 102 cm³/mol. The number of aromatic nitrogens is 4. The highest BCUT2D eigenvalue weighted by atomic mass is 32.2. The molecule has 3 rings (SSSR count). The molecule has 1 aliphatic heterocycles. The molecule has 140 valence electrons. The minimum Gasteiger partial charge on any atom is -0.341 e. The first-order chi connectivity index (χ1) is 12.6. The Hall–Kier alpha value is -1.93. The van der Waals surface area contributed by atoms with Crippen LogP contribution >= 0.6 is 11.8 Å². The molecule has 26 heavy (non-hydrogen) atoms. The Morgan fingerprint density at radius 3 is 2.85 bits per heavy atom. The van der Waals surface area contributed by atoms with E-state index in [4.69, 9.17) is 0 Å². The summed E-state index contributed by atoms with van der Waals surface area (Å²) < 4.78 is 2.23. The molecule has 0 radical (unpaired) electrons. The molecule has 0 aromatic carbocycles. The Morgan fingerprint density at radius 1 is 1.27 bits per heavy atom. The van der Waals surface area contributed by atoms with Gasteiger partial charge in [-0.3, -0.25) is 4.79 Å². The van der Waals surface area contributed by atoms with E-state index in [0.717, 1.165) is 44.8 Å². The molecular formula is C18H26N6OS. The Labute approximate surface area is 158 Å². The highest BCUT2D eigenvalue weighted by Gasteiger charge is 2.27. The van der Waals surface area contributed by atoms with Gasteiger partial charge in [-0.1, -0.05) is 11.8 Å². The van der Waals surface area contributed by atoms with Crippen LogP contribution in [0.25, 0.3) is 0 Å². The van der Waals surface area contributed by atoms with Gasteiger partial charge in [0.25, 0.3) is 0 Å². The number of carbonyl (C=O) groups is 1. The fourth-order valence-corrected chi connectivity index (χ4v) is 3.88. The van der Waals surface area contributed by atoms with Crippen molar-refractivity contribution in [3.63, 3.8) is 0 Å². The molecule has 1 saturated heterocycles. The fraction of sp³-hybridized carbons (Fsp3) is 0.556. The number of nitrogens with zero attached hydrogens (tertiary/aromatic N) is 6. The number of hydrogen-bond donors (Lipinski definition) is 0. The lowest BCUT2D eigenvalue weighted by molar-refractivity contribution is -0.129. The normalized spacial score (nSPS) is 17.7. The SMILES string of the molecule is CN(C)CCn1ccnc1[C@H]1CCCN(C(=O)CSc2ncccn2)C1. The number of thioether (sulfide) groups is 1. The van der Waals surface area contributed by atoms with E-state index in [1.54, 1.807) is 18.5 Å². The second-order valence-electron chi connectivity index (χ2n) is 6.78. The number of carbonyl (C=O) groups excluding carboxylic acids is 1. The summed E-state index contributed by atoms with van der Waals surface area (Å²) in [7, 11) is 4.15. The monoisotopic (exact) mass is 374 g/mol. The van der Waals surface area contributed by atoms with E-state index in [9.17, 15) is 4.79 Å². The molecule has 0 aliphatic carbocycles. The summed E-state index contributed by atoms with van der Waals surface area (Å²) in [6, 6.07) is 1.78. The minimum absolute atomic E-state index is 0.151. The zero-order chi connectivity index (χ0) is 18.4. The van der Waals surface area contributed by atoms with Gasteiger partial charge in [0, 0.05) is 56.9 Å². The summed E-state index contributed by atoms with van der Waals surface area (Å²) in [5, 5.41) is 0.647. The minimum atomic E-state index is 0.151. The Kier molecular flexibility index (Phi) is 6.62. The summed E-state index contributed by atoms with van der Waals surface area (Å²) in [4.78, 5) is 29.6. The largest absolute Gasteiger partial charge is 0.341 e. The maximum atomic E-state index is 12.6. The van der Waals surface area contributed by atoms with Crippen LogP contribution in [-0.4, -0.2) is 74.7 Å². The molecule has 0 unspecified atom stereocenters. The van der Waals surface area contributed by atoms with Crippen molar-refractivity contribution in [2.45, 2.75) is 30.5 Å². The van der Waals surface area contributed by atoms with Gasteiger partial charge in [0.2, 0.25) is 5.91 Å². The topological polar surface area (TPSA) is 67.2 Å². The summed E-state index contributed by atoms with van der Waals surface area (Å²) in [6.07, 6.45) is 9.41. The average molecular weight is 375 g/mol. The second kappa shape index (κ2) is 9.14. The summed E-state index contributed by atoms with van der Waals surface area (Å²) in [6.45, 7) is 3.47. The van der Waals surface area contributed by atoms with Crippen LogP contribution in [0.3, 0.4) is 0 Å². The summed E-state index contributed by atoms with van der Waals surface area (Å²) in [5.74, 6) is 1.94. The molecular weight excluding hydrogens is 348 g/mol. The zero-order valence-electron chi connectivity index (χ0n) is 15.4. The van der Waals surface area contributed by atoms with Crippen LogP contribution in [0.15, 0.2) is 36.0 Å². The van der Waals surface area contributed by atoms with Gasteiger partial charge in [-0.25, -0.2) is 15.0 Å². The average Bonchev–Trinajstić information content (AvgIpc) is 3.14. The van der Waals surface area contributed by atoms with Crippen molar-refractivity contribution in [3.8, 4) is 0 Å². The number of hydrogen-bond acceptors (Lipinski definition) is 6. The lowest BCUT2D eigenvalue weighted by Gasteiger charge is -2.32. The van der Waals surface area contributed by atoms with Crippen molar-refractivity contribution in [2.24, 2.45) is 0 Å². The predicted octanol–water partition coefficient (Wildman–Crippen LogP) is 1.73. The Morgan fingerprint density at radius 2 is 2.08 bits per heavy atom. The third-order valence-corrected chi connectivity index (χ3v) is 5.40. The molecule has 0 spiro atoms. The van der Waals surface area contributed by atoms with Gasteiger partial charge in [0.15, 0.2) is 5.16 Å². The van der Waals surface area contributed by atoms with Crippen LogP contribution < -0.4 is 0 Å². The number of likely N-dealkylation sites (tertiary alicyclic amines) is 1. The van der Waals surface area contributed by atoms with Crippen molar-refractivity contribution in [3.05, 3.63) is 36.7 Å². The molecule has 1 fully saturated rings. The van der Waals surface area contributed by atoms with Crippen LogP contribution in [0, 0.1) is 0 Å². The van der Waals surface area contributed by atoms with Crippen molar-refractivity contribution in [2.75, 3.05) is 39.5 Å². The number of rotatable bonds is 7. The molecule has 8 heteroatoms. The fourth-order valence-electron chi connectivity index (χ4n) is 3.17. The summed E-state index contributed by atoms with van der Waals surface area (Å²) >= 11 is 1.40. The molecule has 7 nitrogen and oxygen atoms in total. The molecule has 1 atom stereocenters. The van der Waals surface area contributed by atoms with Gasteiger partial charge in [0.05, 0.1) is 5.75 Å². The number of likely N-dealkylation sites (N-methyl/N-ethyl adjacent to an activating group) is 1. The molecule has 1 amide bonds.